The lowest BCUT2D eigenvalue weighted by Gasteiger charge is -2.36. The quantitative estimate of drug-likeness (QED) is 0.0771. The predicted octanol–water partition coefficient (Wildman–Crippen LogP) is 11.5. The molecular weight excluding hydrogens is 410 g/mol. The van der Waals surface area contributed by atoms with Crippen molar-refractivity contribution in [1.82, 2.24) is 0 Å². The maximum atomic E-state index is 2.55. The monoisotopic (exact) mass is 481 g/mol. The minimum absolute atomic E-state index is 0.819. The maximum absolute atomic E-state index is 2.55. The molecule has 34 heavy (non-hydrogen) atoms. The average molecular weight is 481 g/mol. The van der Waals surface area contributed by atoms with Gasteiger partial charge < -0.3 is 4.48 Å². The second kappa shape index (κ2) is 26.0. The SMILES string of the molecule is CCCCCCCCCCCCCC[N+](C)(CCCCCCCCCCCCCC)CC(C)C. The van der Waals surface area contributed by atoms with Crippen molar-refractivity contribution in [3.05, 3.63) is 0 Å². The number of hydrogen-bond donors (Lipinski definition) is 0. The third-order valence-electron chi connectivity index (χ3n) is 7.91. The Balaban J connectivity index is 3.69. The van der Waals surface area contributed by atoms with Crippen LogP contribution in [-0.4, -0.2) is 31.2 Å². The van der Waals surface area contributed by atoms with E-state index < -0.39 is 0 Å². The highest BCUT2D eigenvalue weighted by Gasteiger charge is 2.22. The van der Waals surface area contributed by atoms with Gasteiger partial charge in [-0.1, -0.05) is 156 Å². The van der Waals surface area contributed by atoms with Crippen LogP contribution in [0.4, 0.5) is 0 Å². The molecule has 0 bridgehead atoms. The van der Waals surface area contributed by atoms with Crippen LogP contribution >= 0.6 is 0 Å². The molecule has 0 spiro atoms. The number of nitrogens with zero attached hydrogens (tertiary/aromatic N) is 1. The smallest absolute Gasteiger partial charge is 0.0807 e. The molecule has 0 aliphatic rings. The van der Waals surface area contributed by atoms with E-state index in [2.05, 4.69) is 34.7 Å². The van der Waals surface area contributed by atoms with E-state index in [1.807, 2.05) is 0 Å². The molecule has 0 radical (unpaired) electrons. The molecule has 0 fully saturated rings. The Morgan fingerprint density at radius 1 is 0.382 bits per heavy atom. The van der Waals surface area contributed by atoms with E-state index in [0.29, 0.717) is 0 Å². The van der Waals surface area contributed by atoms with Crippen molar-refractivity contribution >= 4 is 0 Å². The first-order chi connectivity index (χ1) is 16.5. The molecule has 206 valence electrons. The van der Waals surface area contributed by atoms with Gasteiger partial charge in [-0.15, -0.1) is 0 Å². The van der Waals surface area contributed by atoms with Crippen LogP contribution in [0.25, 0.3) is 0 Å². The number of hydrogen-bond acceptors (Lipinski definition) is 0. The van der Waals surface area contributed by atoms with Crippen molar-refractivity contribution in [3.63, 3.8) is 0 Å². The first kappa shape index (κ1) is 34.0. The Bertz CT molecular complexity index is 347. The van der Waals surface area contributed by atoms with Gasteiger partial charge in [0.2, 0.25) is 0 Å². The molecule has 0 saturated heterocycles. The zero-order valence-corrected chi connectivity index (χ0v) is 25.1. The Morgan fingerprint density at radius 3 is 0.853 bits per heavy atom. The molecule has 0 aromatic carbocycles. The molecule has 1 nitrogen and oxygen atoms in total. The summed E-state index contributed by atoms with van der Waals surface area (Å²) in [4.78, 5) is 0. The van der Waals surface area contributed by atoms with E-state index >= 15 is 0 Å². The van der Waals surface area contributed by atoms with Gasteiger partial charge in [-0.2, -0.15) is 0 Å². The molecule has 0 atom stereocenters. The van der Waals surface area contributed by atoms with Crippen molar-refractivity contribution in [3.8, 4) is 0 Å². The summed E-state index contributed by atoms with van der Waals surface area (Å²) >= 11 is 0. The van der Waals surface area contributed by atoms with Gasteiger partial charge in [-0.05, 0) is 25.7 Å². The van der Waals surface area contributed by atoms with Gasteiger partial charge in [0.1, 0.15) is 0 Å². The van der Waals surface area contributed by atoms with E-state index in [1.165, 1.54) is 178 Å². The Kier molecular flexibility index (Phi) is 26.0. The molecule has 0 unspecified atom stereocenters. The zero-order valence-electron chi connectivity index (χ0n) is 25.1. The lowest BCUT2D eigenvalue weighted by molar-refractivity contribution is -0.912. The summed E-state index contributed by atoms with van der Waals surface area (Å²) < 4.78 is 1.33. The highest BCUT2D eigenvalue weighted by molar-refractivity contribution is 4.53. The van der Waals surface area contributed by atoms with Crippen molar-refractivity contribution < 1.29 is 4.48 Å². The number of rotatable bonds is 28. The summed E-state index contributed by atoms with van der Waals surface area (Å²) in [7, 11) is 2.55. The van der Waals surface area contributed by atoms with Gasteiger partial charge in [-0.25, -0.2) is 0 Å². The highest BCUT2D eigenvalue weighted by atomic mass is 15.3. The van der Waals surface area contributed by atoms with E-state index in [1.54, 1.807) is 0 Å². The summed E-state index contributed by atoms with van der Waals surface area (Å²) in [5.41, 5.74) is 0. The largest absolute Gasteiger partial charge is 0.326 e. The fourth-order valence-corrected chi connectivity index (χ4v) is 5.84. The van der Waals surface area contributed by atoms with Crippen LogP contribution in [-0.2, 0) is 0 Å². The van der Waals surface area contributed by atoms with Crippen LogP contribution in [0.5, 0.6) is 0 Å². The summed E-state index contributed by atoms with van der Waals surface area (Å²) in [5, 5.41) is 0. The lowest BCUT2D eigenvalue weighted by Crippen LogP contribution is -2.48. The predicted molar refractivity (Wildman–Crippen MR) is 158 cm³/mol. The molecule has 0 N–H and O–H groups in total. The van der Waals surface area contributed by atoms with E-state index in [-0.39, 0.29) is 0 Å². The van der Waals surface area contributed by atoms with Crippen molar-refractivity contribution in [1.29, 1.82) is 0 Å². The lowest BCUT2D eigenvalue weighted by atomic mass is 10.0. The molecule has 0 aliphatic carbocycles. The zero-order chi connectivity index (χ0) is 25.2. The van der Waals surface area contributed by atoms with E-state index in [9.17, 15) is 0 Å². The topological polar surface area (TPSA) is 0 Å². The third kappa shape index (κ3) is 25.1. The Hall–Kier alpha value is -0.0400. The minimum Gasteiger partial charge on any atom is -0.326 e. The van der Waals surface area contributed by atoms with Gasteiger partial charge in [0, 0.05) is 5.92 Å². The molecule has 0 aromatic rings. The fraction of sp³-hybridized carbons (Fsp3) is 1.00. The minimum atomic E-state index is 0.819. The van der Waals surface area contributed by atoms with Crippen molar-refractivity contribution in [2.45, 2.75) is 182 Å². The van der Waals surface area contributed by atoms with Crippen LogP contribution in [0.3, 0.4) is 0 Å². The van der Waals surface area contributed by atoms with Gasteiger partial charge >= 0.3 is 0 Å². The number of unbranched alkanes of at least 4 members (excludes halogenated alkanes) is 22. The second-order valence-electron chi connectivity index (χ2n) is 12.4. The van der Waals surface area contributed by atoms with Gasteiger partial charge in [-0.3, -0.25) is 0 Å². The van der Waals surface area contributed by atoms with Crippen LogP contribution in [0.1, 0.15) is 182 Å². The Labute approximate surface area is 218 Å². The van der Waals surface area contributed by atoms with Crippen molar-refractivity contribution in [2.24, 2.45) is 5.92 Å². The molecule has 1 heteroatoms. The Morgan fingerprint density at radius 2 is 0.618 bits per heavy atom. The van der Waals surface area contributed by atoms with Gasteiger partial charge in [0.25, 0.3) is 0 Å². The van der Waals surface area contributed by atoms with Crippen LogP contribution in [0, 0.1) is 5.92 Å². The van der Waals surface area contributed by atoms with E-state index in [0.717, 1.165) is 5.92 Å². The third-order valence-corrected chi connectivity index (χ3v) is 7.91. The first-order valence-electron chi connectivity index (χ1n) is 16.4. The molecule has 0 aromatic heterocycles. The average Bonchev–Trinajstić information content (AvgIpc) is 2.80. The normalized spacial score (nSPS) is 12.2. The van der Waals surface area contributed by atoms with Crippen LogP contribution in [0.15, 0.2) is 0 Å². The summed E-state index contributed by atoms with van der Waals surface area (Å²) in [6, 6.07) is 0. The van der Waals surface area contributed by atoms with Gasteiger partial charge in [0.05, 0.1) is 26.7 Å². The molecule has 0 heterocycles. The van der Waals surface area contributed by atoms with Crippen molar-refractivity contribution in [2.75, 3.05) is 26.7 Å². The first-order valence-corrected chi connectivity index (χ1v) is 16.4. The molecule has 0 aliphatic heterocycles. The fourth-order valence-electron chi connectivity index (χ4n) is 5.84. The van der Waals surface area contributed by atoms with E-state index in [4.69, 9.17) is 0 Å². The highest BCUT2D eigenvalue weighted by Crippen LogP contribution is 2.17. The second-order valence-corrected chi connectivity index (χ2v) is 12.4. The van der Waals surface area contributed by atoms with Gasteiger partial charge in [0.15, 0.2) is 0 Å². The van der Waals surface area contributed by atoms with Crippen LogP contribution in [0.2, 0.25) is 0 Å². The van der Waals surface area contributed by atoms with Crippen LogP contribution < -0.4 is 0 Å². The summed E-state index contributed by atoms with van der Waals surface area (Å²) in [6.45, 7) is 13.6. The summed E-state index contributed by atoms with van der Waals surface area (Å²) in [5.74, 6) is 0.819. The number of quaternary nitrogens is 1. The molecule has 0 saturated carbocycles. The maximum Gasteiger partial charge on any atom is 0.0807 e. The summed E-state index contributed by atoms with van der Waals surface area (Å²) in [6.07, 6.45) is 35.0. The standard InChI is InChI=1S/C33H70N/c1-6-8-10-12-14-16-18-20-22-24-26-28-30-34(5,32-33(3)4)31-29-27-25-23-21-19-17-15-13-11-9-7-2/h33H,6-32H2,1-5H3/q+1. The molecular formula is C33H70N+. The molecule has 0 amide bonds. The molecule has 0 rings (SSSR count).